The highest BCUT2D eigenvalue weighted by molar-refractivity contribution is 5.37. The van der Waals surface area contributed by atoms with Crippen molar-refractivity contribution in [2.75, 3.05) is 0 Å². The first-order valence-electron chi connectivity index (χ1n) is 2.53. The van der Waals surface area contributed by atoms with E-state index in [1.54, 1.807) is 13.8 Å². The van der Waals surface area contributed by atoms with Crippen LogP contribution >= 0.6 is 0 Å². The van der Waals surface area contributed by atoms with Gasteiger partial charge in [-0.1, -0.05) is 0 Å². The van der Waals surface area contributed by atoms with Gasteiger partial charge in [0.05, 0.1) is 0 Å². The highest BCUT2D eigenvalue weighted by atomic mass is 16.5. The van der Waals surface area contributed by atoms with Gasteiger partial charge in [-0.25, -0.2) is 0 Å². The molecule has 0 saturated heterocycles. The summed E-state index contributed by atoms with van der Waals surface area (Å²) in [5, 5.41) is 0. The zero-order chi connectivity index (χ0) is 6.57. The third kappa shape index (κ3) is 2.58. The molecular weight excluding hydrogens is 106 g/mol. The number of hydrogen-bond donors (Lipinski definition) is 1. The average molecular weight is 117 g/mol. The van der Waals surface area contributed by atoms with Crippen LogP contribution < -0.4 is 5.73 Å². The number of carbonyl (C=O) groups excluding carboxylic acids is 1. The normalized spacial score (nSPS) is 16.9. The van der Waals surface area contributed by atoms with Crippen molar-refractivity contribution in [3.05, 3.63) is 0 Å². The summed E-state index contributed by atoms with van der Waals surface area (Å²) in [6, 6.07) is -0.0831. The third-order valence-electron chi connectivity index (χ3n) is 1.01. The Kier molecular flexibility index (Phi) is 3.19. The monoisotopic (exact) mass is 117 g/mol. The summed E-state index contributed by atoms with van der Waals surface area (Å²) in [4.78, 5) is 9.64. The molecule has 0 heterocycles. The van der Waals surface area contributed by atoms with Crippen LogP contribution in [0.15, 0.2) is 0 Å². The van der Waals surface area contributed by atoms with Crippen molar-refractivity contribution in [1.29, 1.82) is 0 Å². The van der Waals surface area contributed by atoms with Crippen LogP contribution in [0.5, 0.6) is 0 Å². The summed E-state index contributed by atoms with van der Waals surface area (Å²) in [5.74, 6) is 0. The first-order chi connectivity index (χ1) is 3.68. The molecular formula is C5H11NO2. The topological polar surface area (TPSA) is 52.3 Å². The minimum atomic E-state index is -0.174. The smallest absolute Gasteiger partial charge is 0.293 e. The summed E-state index contributed by atoms with van der Waals surface area (Å²) >= 11 is 0. The van der Waals surface area contributed by atoms with Crippen molar-refractivity contribution in [2.45, 2.75) is 26.0 Å². The maximum absolute atomic E-state index is 9.64. The largest absolute Gasteiger partial charge is 0.463 e. The standard InChI is InChI=1S/C5H11NO2/c1-4(6)5(2)8-3-7/h3-5H,6H2,1-2H3. The summed E-state index contributed by atoms with van der Waals surface area (Å²) in [7, 11) is 0. The van der Waals surface area contributed by atoms with Crippen LogP contribution in [0.2, 0.25) is 0 Å². The van der Waals surface area contributed by atoms with Gasteiger partial charge in [0.15, 0.2) is 0 Å². The van der Waals surface area contributed by atoms with Crippen molar-refractivity contribution in [3.63, 3.8) is 0 Å². The fraction of sp³-hybridized carbons (Fsp3) is 0.800. The van der Waals surface area contributed by atoms with Gasteiger partial charge >= 0.3 is 0 Å². The minimum Gasteiger partial charge on any atom is -0.463 e. The second kappa shape index (κ2) is 3.43. The molecule has 0 aromatic heterocycles. The fourth-order valence-electron chi connectivity index (χ4n) is 0.212. The Balaban J connectivity index is 3.30. The van der Waals surface area contributed by atoms with Crippen LogP contribution in [0.1, 0.15) is 13.8 Å². The molecule has 2 unspecified atom stereocenters. The minimum absolute atomic E-state index is 0.0831. The SMILES string of the molecule is CC(N)C(C)OC=O. The number of hydrogen-bond acceptors (Lipinski definition) is 3. The van der Waals surface area contributed by atoms with E-state index in [-0.39, 0.29) is 12.1 Å². The van der Waals surface area contributed by atoms with Crippen LogP contribution in [0, 0.1) is 0 Å². The van der Waals surface area contributed by atoms with Gasteiger partial charge in [-0.05, 0) is 13.8 Å². The first-order valence-corrected chi connectivity index (χ1v) is 2.53. The van der Waals surface area contributed by atoms with Gasteiger partial charge in [-0.15, -0.1) is 0 Å². The molecule has 48 valence electrons. The van der Waals surface area contributed by atoms with E-state index in [4.69, 9.17) is 5.73 Å². The van der Waals surface area contributed by atoms with Crippen LogP contribution in [-0.4, -0.2) is 18.6 Å². The van der Waals surface area contributed by atoms with E-state index in [0.717, 1.165) is 0 Å². The number of rotatable bonds is 3. The zero-order valence-electron chi connectivity index (χ0n) is 5.13. The maximum atomic E-state index is 9.64. The van der Waals surface area contributed by atoms with Gasteiger partial charge in [0.2, 0.25) is 0 Å². The molecule has 0 amide bonds. The molecule has 0 aliphatic heterocycles. The van der Waals surface area contributed by atoms with Crippen molar-refractivity contribution >= 4 is 6.47 Å². The van der Waals surface area contributed by atoms with Gasteiger partial charge in [0.1, 0.15) is 6.10 Å². The van der Waals surface area contributed by atoms with Gasteiger partial charge in [-0.2, -0.15) is 0 Å². The lowest BCUT2D eigenvalue weighted by atomic mass is 10.2. The van der Waals surface area contributed by atoms with E-state index >= 15 is 0 Å². The van der Waals surface area contributed by atoms with E-state index in [2.05, 4.69) is 4.74 Å². The van der Waals surface area contributed by atoms with Crippen molar-refractivity contribution in [2.24, 2.45) is 5.73 Å². The van der Waals surface area contributed by atoms with Crippen LogP contribution in [0.4, 0.5) is 0 Å². The Hall–Kier alpha value is -0.570. The molecule has 0 radical (unpaired) electrons. The Bertz CT molecular complexity index is 72.8. The molecule has 3 heteroatoms. The summed E-state index contributed by atoms with van der Waals surface area (Å²) < 4.78 is 4.50. The van der Waals surface area contributed by atoms with Crippen LogP contribution in [-0.2, 0) is 9.53 Å². The van der Waals surface area contributed by atoms with Crippen LogP contribution in [0.25, 0.3) is 0 Å². The molecule has 0 spiro atoms. The van der Waals surface area contributed by atoms with Crippen molar-refractivity contribution in [3.8, 4) is 0 Å². The molecule has 0 aromatic carbocycles. The predicted molar refractivity (Wildman–Crippen MR) is 30.3 cm³/mol. The van der Waals surface area contributed by atoms with Crippen LogP contribution in [0.3, 0.4) is 0 Å². The molecule has 0 saturated carbocycles. The predicted octanol–water partition coefficient (Wildman–Crippen LogP) is -0.105. The fourth-order valence-corrected chi connectivity index (χ4v) is 0.212. The van der Waals surface area contributed by atoms with E-state index in [0.29, 0.717) is 6.47 Å². The quantitative estimate of drug-likeness (QED) is 0.525. The molecule has 0 aliphatic carbocycles. The lowest BCUT2D eigenvalue weighted by molar-refractivity contribution is -0.133. The maximum Gasteiger partial charge on any atom is 0.293 e. The summed E-state index contributed by atoms with van der Waals surface area (Å²) in [5.41, 5.74) is 5.34. The second-order valence-corrected chi connectivity index (χ2v) is 1.80. The Morgan fingerprint density at radius 2 is 2.12 bits per heavy atom. The Morgan fingerprint density at radius 1 is 1.62 bits per heavy atom. The van der Waals surface area contributed by atoms with Gasteiger partial charge in [0.25, 0.3) is 6.47 Å². The number of ether oxygens (including phenoxy) is 1. The lowest BCUT2D eigenvalue weighted by Gasteiger charge is -2.11. The molecule has 0 fully saturated rings. The zero-order valence-corrected chi connectivity index (χ0v) is 5.13. The molecule has 2 N–H and O–H groups in total. The number of carbonyl (C=O) groups is 1. The summed E-state index contributed by atoms with van der Waals surface area (Å²) in [6.07, 6.45) is -0.174. The van der Waals surface area contributed by atoms with Crippen molar-refractivity contribution < 1.29 is 9.53 Å². The molecule has 0 rings (SSSR count). The second-order valence-electron chi connectivity index (χ2n) is 1.80. The molecule has 2 atom stereocenters. The van der Waals surface area contributed by atoms with E-state index in [1.807, 2.05) is 0 Å². The lowest BCUT2D eigenvalue weighted by Crippen LogP contribution is -2.30. The summed E-state index contributed by atoms with van der Waals surface area (Å²) in [6.45, 7) is 3.95. The third-order valence-corrected chi connectivity index (χ3v) is 1.01. The highest BCUT2D eigenvalue weighted by Gasteiger charge is 2.05. The average Bonchev–Trinajstić information content (AvgIpc) is 1.67. The Morgan fingerprint density at radius 3 is 2.25 bits per heavy atom. The van der Waals surface area contributed by atoms with E-state index in [1.165, 1.54) is 0 Å². The molecule has 0 aliphatic rings. The number of nitrogens with two attached hydrogens (primary N) is 1. The van der Waals surface area contributed by atoms with Gasteiger partial charge in [-0.3, -0.25) is 4.79 Å². The van der Waals surface area contributed by atoms with E-state index in [9.17, 15) is 4.79 Å². The first kappa shape index (κ1) is 7.43. The molecule has 3 nitrogen and oxygen atoms in total. The Labute approximate surface area is 48.8 Å². The van der Waals surface area contributed by atoms with E-state index < -0.39 is 0 Å². The van der Waals surface area contributed by atoms with Crippen molar-refractivity contribution in [1.82, 2.24) is 0 Å². The molecule has 0 aromatic rings. The van der Waals surface area contributed by atoms with Gasteiger partial charge < -0.3 is 10.5 Å². The molecule has 8 heavy (non-hydrogen) atoms. The van der Waals surface area contributed by atoms with Gasteiger partial charge in [0, 0.05) is 6.04 Å². The molecule has 0 bridgehead atoms. The highest BCUT2D eigenvalue weighted by Crippen LogP contribution is 1.90.